The summed E-state index contributed by atoms with van der Waals surface area (Å²) in [6, 6.07) is 0. The normalized spacial score (nSPS) is 19.1. The summed E-state index contributed by atoms with van der Waals surface area (Å²) in [5.74, 6) is 0. The minimum Gasteiger partial charge on any atom is -0.391 e. The molecule has 2 atom stereocenters. The van der Waals surface area contributed by atoms with Gasteiger partial charge in [0.1, 0.15) is 0 Å². The highest BCUT2D eigenvalue weighted by Crippen LogP contribution is 2.08. The lowest BCUT2D eigenvalue weighted by Crippen LogP contribution is -2.25. The first-order valence-electron chi connectivity index (χ1n) is 2.36. The minimum atomic E-state index is -3.29. The molecule has 0 aliphatic rings. The van der Waals surface area contributed by atoms with Crippen LogP contribution in [0.3, 0.4) is 0 Å². The average Bonchev–Trinajstić information content (AvgIpc) is 1.62. The Morgan fingerprint density at radius 3 is 1.89 bits per heavy atom. The maximum Gasteiger partial charge on any atom is 0.166 e. The van der Waals surface area contributed by atoms with E-state index < -0.39 is 20.7 Å². The average molecular weight is 173 g/mol. The van der Waals surface area contributed by atoms with Gasteiger partial charge in [0, 0.05) is 6.26 Å². The summed E-state index contributed by atoms with van der Waals surface area (Å²) in [5, 5.41) is 8.65. The van der Waals surface area contributed by atoms with E-state index in [9.17, 15) is 8.42 Å². The summed E-state index contributed by atoms with van der Waals surface area (Å²) in [6.45, 7) is 1.33. The third-order valence-electron chi connectivity index (χ3n) is 0.788. The van der Waals surface area contributed by atoms with Crippen molar-refractivity contribution >= 4 is 21.4 Å². The van der Waals surface area contributed by atoms with Crippen molar-refractivity contribution in [2.24, 2.45) is 0 Å². The number of hydrogen-bond acceptors (Lipinski definition) is 3. The second-order valence-electron chi connectivity index (χ2n) is 1.92. The van der Waals surface area contributed by atoms with Crippen LogP contribution < -0.4 is 0 Å². The first-order valence-corrected chi connectivity index (χ1v) is 4.76. The van der Waals surface area contributed by atoms with Crippen LogP contribution >= 0.6 is 11.6 Å². The van der Waals surface area contributed by atoms with Crippen LogP contribution in [0.25, 0.3) is 0 Å². The molecule has 0 aliphatic heterocycles. The number of aliphatic hydroxyl groups is 1. The van der Waals surface area contributed by atoms with Gasteiger partial charge >= 0.3 is 0 Å². The van der Waals surface area contributed by atoms with Gasteiger partial charge in [0.15, 0.2) is 14.5 Å². The van der Waals surface area contributed by atoms with E-state index in [1.54, 1.807) is 0 Å². The topological polar surface area (TPSA) is 54.4 Å². The van der Waals surface area contributed by atoms with Gasteiger partial charge in [-0.1, -0.05) is 0 Å². The van der Waals surface area contributed by atoms with Gasteiger partial charge in [-0.2, -0.15) is 0 Å². The Morgan fingerprint density at radius 1 is 1.56 bits per heavy atom. The molecule has 0 amide bonds. The second kappa shape index (κ2) is 2.86. The maximum absolute atomic E-state index is 10.5. The molecule has 0 bridgehead atoms. The lowest BCUT2D eigenvalue weighted by Gasteiger charge is -2.08. The maximum atomic E-state index is 10.5. The van der Waals surface area contributed by atoms with Crippen molar-refractivity contribution in [1.82, 2.24) is 0 Å². The van der Waals surface area contributed by atoms with Crippen molar-refractivity contribution < 1.29 is 13.5 Å². The number of alkyl halides is 1. The fourth-order valence-electron chi connectivity index (χ4n) is 0.358. The van der Waals surface area contributed by atoms with Gasteiger partial charge in [0.05, 0.1) is 6.10 Å². The predicted molar refractivity (Wildman–Crippen MR) is 36.2 cm³/mol. The van der Waals surface area contributed by atoms with E-state index in [1.165, 1.54) is 6.92 Å². The molecule has 0 aliphatic carbocycles. The first-order chi connectivity index (χ1) is 3.85. The third-order valence-corrected chi connectivity index (χ3v) is 3.34. The number of sulfone groups is 1. The molecule has 0 unspecified atom stereocenters. The molecule has 0 aromatic carbocycles. The molecular weight excluding hydrogens is 164 g/mol. The standard InChI is InChI=1S/C4H9ClO3S/c1-3(6)4(5)9(2,7)8/h3-4,6H,1-2H3/t3-,4-/m0/s1. The van der Waals surface area contributed by atoms with Gasteiger partial charge in [0.25, 0.3) is 0 Å². The molecule has 0 saturated heterocycles. The highest BCUT2D eigenvalue weighted by Gasteiger charge is 2.22. The molecule has 0 fully saturated rings. The van der Waals surface area contributed by atoms with Crippen LogP contribution in [-0.4, -0.2) is 30.6 Å². The Labute approximate surface area is 59.6 Å². The molecule has 0 heterocycles. The van der Waals surface area contributed by atoms with Crippen LogP contribution in [0.15, 0.2) is 0 Å². The lowest BCUT2D eigenvalue weighted by molar-refractivity contribution is 0.208. The highest BCUT2D eigenvalue weighted by atomic mass is 35.5. The van der Waals surface area contributed by atoms with E-state index in [0.717, 1.165) is 6.26 Å². The number of aliphatic hydroxyl groups excluding tert-OH is 1. The SMILES string of the molecule is C[C@H](O)[C@@H](Cl)S(C)(=O)=O. The summed E-state index contributed by atoms with van der Waals surface area (Å²) in [6.07, 6.45) is -0.0288. The van der Waals surface area contributed by atoms with Crippen LogP contribution in [-0.2, 0) is 9.84 Å². The Balaban J connectivity index is 4.24. The number of rotatable bonds is 2. The quantitative estimate of drug-likeness (QED) is 0.596. The summed E-state index contributed by atoms with van der Waals surface area (Å²) >= 11 is 5.25. The summed E-state index contributed by atoms with van der Waals surface area (Å²) < 4.78 is 19.8. The molecule has 5 heteroatoms. The van der Waals surface area contributed by atoms with Crippen molar-refractivity contribution in [2.45, 2.75) is 17.7 Å². The van der Waals surface area contributed by atoms with E-state index in [1.807, 2.05) is 0 Å². The van der Waals surface area contributed by atoms with E-state index in [-0.39, 0.29) is 0 Å². The van der Waals surface area contributed by atoms with Crippen molar-refractivity contribution in [2.75, 3.05) is 6.26 Å². The fourth-order valence-corrected chi connectivity index (χ4v) is 1.07. The number of halogens is 1. The highest BCUT2D eigenvalue weighted by molar-refractivity contribution is 7.92. The number of hydrogen-bond donors (Lipinski definition) is 1. The molecule has 0 spiro atoms. The van der Waals surface area contributed by atoms with Gasteiger partial charge in [-0.15, -0.1) is 11.6 Å². The van der Waals surface area contributed by atoms with Crippen molar-refractivity contribution in [1.29, 1.82) is 0 Å². The van der Waals surface area contributed by atoms with Crippen molar-refractivity contribution in [3.8, 4) is 0 Å². The minimum absolute atomic E-state index is 0.984. The van der Waals surface area contributed by atoms with Crippen LogP contribution in [0, 0.1) is 0 Å². The molecule has 9 heavy (non-hydrogen) atoms. The molecule has 0 saturated carbocycles. The first kappa shape index (κ1) is 9.20. The molecule has 3 nitrogen and oxygen atoms in total. The smallest absolute Gasteiger partial charge is 0.166 e. The van der Waals surface area contributed by atoms with E-state index >= 15 is 0 Å². The van der Waals surface area contributed by atoms with Gasteiger partial charge in [-0.25, -0.2) is 8.42 Å². The van der Waals surface area contributed by atoms with Gasteiger partial charge in [-0.3, -0.25) is 0 Å². The van der Waals surface area contributed by atoms with Crippen molar-refractivity contribution in [3.63, 3.8) is 0 Å². The second-order valence-corrected chi connectivity index (χ2v) is 4.82. The molecule has 0 rings (SSSR count). The zero-order chi connectivity index (χ0) is 7.65. The molecule has 0 aromatic heterocycles. The fraction of sp³-hybridized carbons (Fsp3) is 1.00. The third kappa shape index (κ3) is 3.03. The van der Waals surface area contributed by atoms with Crippen LogP contribution in [0.1, 0.15) is 6.92 Å². The van der Waals surface area contributed by atoms with Crippen molar-refractivity contribution in [3.05, 3.63) is 0 Å². The Morgan fingerprint density at radius 2 is 1.89 bits per heavy atom. The zero-order valence-electron chi connectivity index (χ0n) is 5.20. The Kier molecular flexibility index (Phi) is 2.92. The summed E-state index contributed by atoms with van der Waals surface area (Å²) in [5.41, 5.74) is 0. The van der Waals surface area contributed by atoms with Crippen LogP contribution in [0.5, 0.6) is 0 Å². The van der Waals surface area contributed by atoms with Crippen LogP contribution in [0.4, 0.5) is 0 Å². The van der Waals surface area contributed by atoms with Gasteiger partial charge in [-0.05, 0) is 6.92 Å². The largest absolute Gasteiger partial charge is 0.391 e. The molecule has 56 valence electrons. The summed E-state index contributed by atoms with van der Waals surface area (Å²) in [4.78, 5) is 0. The monoisotopic (exact) mass is 172 g/mol. The Hall–Kier alpha value is 0.200. The predicted octanol–water partition coefficient (Wildman–Crippen LogP) is -0.0233. The summed E-state index contributed by atoms with van der Waals surface area (Å²) in [7, 11) is -3.29. The van der Waals surface area contributed by atoms with E-state index in [0.29, 0.717) is 0 Å². The Bertz CT molecular complexity index is 172. The zero-order valence-corrected chi connectivity index (χ0v) is 6.78. The molecular formula is C4H9ClO3S. The molecule has 0 radical (unpaired) electrons. The van der Waals surface area contributed by atoms with Gasteiger partial charge in [0.2, 0.25) is 0 Å². The van der Waals surface area contributed by atoms with Crippen LogP contribution in [0.2, 0.25) is 0 Å². The van der Waals surface area contributed by atoms with E-state index in [2.05, 4.69) is 0 Å². The lowest BCUT2D eigenvalue weighted by atomic mass is 10.5. The molecule has 0 aromatic rings. The molecule has 1 N–H and O–H groups in total. The van der Waals surface area contributed by atoms with E-state index in [4.69, 9.17) is 16.7 Å². The van der Waals surface area contributed by atoms with Gasteiger partial charge < -0.3 is 5.11 Å².